The van der Waals surface area contributed by atoms with E-state index in [-0.39, 0.29) is 5.84 Å². The quantitative estimate of drug-likeness (QED) is 0.579. The number of nitrogens with one attached hydrogen (secondary N) is 1. The number of anilines is 1. The second-order valence-corrected chi connectivity index (χ2v) is 4.11. The van der Waals surface area contributed by atoms with Gasteiger partial charge < -0.3 is 10.6 Å². The van der Waals surface area contributed by atoms with Gasteiger partial charge >= 0.3 is 0 Å². The van der Waals surface area contributed by atoms with Crippen molar-refractivity contribution >= 4 is 11.7 Å². The SMILES string of the molecule is CCN(CC(C)C)c1cnc(C(=N)N)cn1. The van der Waals surface area contributed by atoms with E-state index in [1.165, 1.54) is 0 Å². The molecule has 0 saturated carbocycles. The highest BCUT2D eigenvalue weighted by atomic mass is 15.2. The van der Waals surface area contributed by atoms with Crippen LogP contribution in [0.15, 0.2) is 12.4 Å². The van der Waals surface area contributed by atoms with Gasteiger partial charge in [0.05, 0.1) is 12.4 Å². The fourth-order valence-electron chi connectivity index (χ4n) is 1.45. The fourth-order valence-corrected chi connectivity index (χ4v) is 1.45. The van der Waals surface area contributed by atoms with Gasteiger partial charge in [-0.05, 0) is 12.8 Å². The Hall–Kier alpha value is -1.65. The van der Waals surface area contributed by atoms with E-state index in [9.17, 15) is 0 Å². The summed E-state index contributed by atoms with van der Waals surface area (Å²) in [7, 11) is 0. The lowest BCUT2D eigenvalue weighted by Crippen LogP contribution is -2.28. The van der Waals surface area contributed by atoms with Crippen LogP contribution in [-0.4, -0.2) is 28.9 Å². The Morgan fingerprint density at radius 1 is 1.44 bits per heavy atom. The van der Waals surface area contributed by atoms with Crippen LogP contribution in [0.3, 0.4) is 0 Å². The van der Waals surface area contributed by atoms with Crippen LogP contribution in [0.4, 0.5) is 5.82 Å². The minimum Gasteiger partial charge on any atom is -0.382 e. The lowest BCUT2D eigenvalue weighted by molar-refractivity contribution is 0.613. The largest absolute Gasteiger partial charge is 0.382 e. The van der Waals surface area contributed by atoms with Gasteiger partial charge in [-0.25, -0.2) is 9.97 Å². The Morgan fingerprint density at radius 3 is 2.50 bits per heavy atom. The molecule has 0 bridgehead atoms. The minimum absolute atomic E-state index is 0.0500. The Bertz CT molecular complexity index is 344. The van der Waals surface area contributed by atoms with Crippen molar-refractivity contribution in [2.75, 3.05) is 18.0 Å². The monoisotopic (exact) mass is 221 g/mol. The molecular formula is C11H19N5. The summed E-state index contributed by atoms with van der Waals surface area (Å²) >= 11 is 0. The zero-order valence-corrected chi connectivity index (χ0v) is 10.1. The molecule has 1 aromatic heterocycles. The van der Waals surface area contributed by atoms with Crippen LogP contribution in [-0.2, 0) is 0 Å². The van der Waals surface area contributed by atoms with E-state index in [1.54, 1.807) is 12.4 Å². The maximum Gasteiger partial charge on any atom is 0.147 e. The van der Waals surface area contributed by atoms with Crippen LogP contribution in [0.2, 0.25) is 0 Å². The van der Waals surface area contributed by atoms with Crippen LogP contribution in [0.5, 0.6) is 0 Å². The van der Waals surface area contributed by atoms with Gasteiger partial charge in [0, 0.05) is 13.1 Å². The highest BCUT2D eigenvalue weighted by Gasteiger charge is 2.08. The highest BCUT2D eigenvalue weighted by molar-refractivity contribution is 5.92. The second-order valence-electron chi connectivity index (χ2n) is 4.11. The molecule has 5 nitrogen and oxygen atoms in total. The number of nitrogens with zero attached hydrogens (tertiary/aromatic N) is 3. The van der Waals surface area contributed by atoms with Crippen LogP contribution >= 0.6 is 0 Å². The van der Waals surface area contributed by atoms with Gasteiger partial charge in [0.15, 0.2) is 0 Å². The van der Waals surface area contributed by atoms with Gasteiger partial charge in [-0.2, -0.15) is 0 Å². The first kappa shape index (κ1) is 12.4. The zero-order chi connectivity index (χ0) is 12.1. The number of aromatic nitrogens is 2. The lowest BCUT2D eigenvalue weighted by Gasteiger charge is -2.23. The summed E-state index contributed by atoms with van der Waals surface area (Å²) in [5.74, 6) is 1.36. The van der Waals surface area contributed by atoms with E-state index in [2.05, 4.69) is 35.6 Å². The van der Waals surface area contributed by atoms with E-state index >= 15 is 0 Å². The number of hydrogen-bond acceptors (Lipinski definition) is 4. The lowest BCUT2D eigenvalue weighted by atomic mass is 10.2. The Labute approximate surface area is 96.2 Å². The van der Waals surface area contributed by atoms with Crippen molar-refractivity contribution in [2.24, 2.45) is 11.7 Å². The molecule has 16 heavy (non-hydrogen) atoms. The Balaban J connectivity index is 2.82. The summed E-state index contributed by atoms with van der Waals surface area (Å²) in [6, 6.07) is 0. The molecule has 0 amide bonds. The maximum atomic E-state index is 7.23. The third kappa shape index (κ3) is 3.18. The molecule has 0 atom stereocenters. The van der Waals surface area contributed by atoms with E-state index in [0.29, 0.717) is 11.6 Å². The number of rotatable bonds is 5. The smallest absolute Gasteiger partial charge is 0.147 e. The zero-order valence-electron chi connectivity index (χ0n) is 10.1. The Kier molecular flexibility index (Phi) is 4.22. The van der Waals surface area contributed by atoms with E-state index < -0.39 is 0 Å². The van der Waals surface area contributed by atoms with Gasteiger partial charge in [0.25, 0.3) is 0 Å². The predicted octanol–water partition coefficient (Wildman–Crippen LogP) is 1.24. The first-order valence-corrected chi connectivity index (χ1v) is 5.46. The summed E-state index contributed by atoms with van der Waals surface area (Å²) in [6.45, 7) is 8.26. The van der Waals surface area contributed by atoms with Crippen LogP contribution in [0.1, 0.15) is 26.5 Å². The Morgan fingerprint density at radius 2 is 2.12 bits per heavy atom. The third-order valence-corrected chi connectivity index (χ3v) is 2.21. The molecule has 1 heterocycles. The molecule has 0 aliphatic heterocycles. The van der Waals surface area contributed by atoms with Crippen molar-refractivity contribution in [3.63, 3.8) is 0 Å². The highest BCUT2D eigenvalue weighted by Crippen LogP contribution is 2.10. The fraction of sp³-hybridized carbons (Fsp3) is 0.545. The molecule has 0 aromatic carbocycles. The van der Waals surface area contributed by atoms with E-state index in [1.807, 2.05) is 0 Å². The van der Waals surface area contributed by atoms with Crippen molar-refractivity contribution in [2.45, 2.75) is 20.8 Å². The van der Waals surface area contributed by atoms with Gasteiger partial charge in [0.1, 0.15) is 17.3 Å². The van der Waals surface area contributed by atoms with Crippen molar-refractivity contribution in [1.29, 1.82) is 5.41 Å². The normalized spacial score (nSPS) is 10.5. The molecule has 0 spiro atoms. The number of nitrogen functional groups attached to an aromatic ring is 1. The van der Waals surface area contributed by atoms with Gasteiger partial charge in [-0.15, -0.1) is 0 Å². The minimum atomic E-state index is -0.0500. The predicted molar refractivity (Wildman–Crippen MR) is 65.8 cm³/mol. The van der Waals surface area contributed by atoms with E-state index in [0.717, 1.165) is 18.9 Å². The van der Waals surface area contributed by atoms with Gasteiger partial charge in [-0.1, -0.05) is 13.8 Å². The average Bonchev–Trinajstić information content (AvgIpc) is 2.25. The summed E-state index contributed by atoms with van der Waals surface area (Å²) in [4.78, 5) is 10.5. The number of amidine groups is 1. The number of nitrogens with two attached hydrogens (primary N) is 1. The number of hydrogen-bond donors (Lipinski definition) is 2. The van der Waals surface area contributed by atoms with Crippen molar-refractivity contribution in [1.82, 2.24) is 9.97 Å². The first-order chi connectivity index (χ1) is 7.54. The molecule has 0 saturated heterocycles. The van der Waals surface area contributed by atoms with Crippen molar-refractivity contribution in [3.05, 3.63) is 18.1 Å². The first-order valence-electron chi connectivity index (χ1n) is 5.46. The summed E-state index contributed by atoms with van der Waals surface area (Å²) in [6.07, 6.45) is 3.21. The summed E-state index contributed by atoms with van der Waals surface area (Å²) in [5, 5.41) is 7.23. The molecule has 5 heteroatoms. The average molecular weight is 221 g/mol. The summed E-state index contributed by atoms with van der Waals surface area (Å²) < 4.78 is 0. The second kappa shape index (κ2) is 5.44. The van der Waals surface area contributed by atoms with Crippen LogP contribution < -0.4 is 10.6 Å². The molecule has 0 radical (unpaired) electrons. The van der Waals surface area contributed by atoms with Crippen molar-refractivity contribution in [3.8, 4) is 0 Å². The molecule has 1 rings (SSSR count). The molecule has 88 valence electrons. The topological polar surface area (TPSA) is 78.9 Å². The van der Waals surface area contributed by atoms with Crippen LogP contribution in [0, 0.1) is 11.3 Å². The summed E-state index contributed by atoms with van der Waals surface area (Å²) in [5.41, 5.74) is 5.74. The molecule has 0 aliphatic carbocycles. The van der Waals surface area contributed by atoms with Gasteiger partial charge in [-0.3, -0.25) is 5.41 Å². The van der Waals surface area contributed by atoms with E-state index in [4.69, 9.17) is 11.1 Å². The third-order valence-electron chi connectivity index (χ3n) is 2.21. The molecule has 0 aliphatic rings. The molecular weight excluding hydrogens is 202 g/mol. The molecule has 1 aromatic rings. The molecule has 0 unspecified atom stereocenters. The molecule has 3 N–H and O–H groups in total. The maximum absolute atomic E-state index is 7.23. The van der Waals surface area contributed by atoms with Crippen molar-refractivity contribution < 1.29 is 0 Å². The van der Waals surface area contributed by atoms with Crippen LogP contribution in [0.25, 0.3) is 0 Å². The standard InChI is InChI=1S/C11H19N5/c1-4-16(7-8(2)3)10-6-14-9(5-15-10)11(12)13/h5-6,8H,4,7H2,1-3H3,(H3,12,13). The molecule has 0 fully saturated rings. The van der Waals surface area contributed by atoms with Gasteiger partial charge in [0.2, 0.25) is 0 Å².